The van der Waals surface area contributed by atoms with Crippen molar-refractivity contribution < 1.29 is 34.8 Å². The Labute approximate surface area is 220 Å². The van der Waals surface area contributed by atoms with E-state index in [1.54, 1.807) is 12.1 Å². The fraction of sp³-hybridized carbons (Fsp3) is 0. The summed E-state index contributed by atoms with van der Waals surface area (Å²) in [6, 6.07) is 28.0. The molecule has 175 valence electrons. The Morgan fingerprint density at radius 1 is 0.806 bits per heavy atom. The van der Waals surface area contributed by atoms with Crippen LogP contribution in [0, 0.1) is 6.07 Å². The maximum Gasteiger partial charge on any atom is 0.354 e. The van der Waals surface area contributed by atoms with E-state index in [9.17, 15) is 9.59 Å². The van der Waals surface area contributed by atoms with Crippen LogP contribution >= 0.6 is 0 Å². The van der Waals surface area contributed by atoms with Crippen LogP contribution in [0.4, 0.5) is 0 Å². The van der Waals surface area contributed by atoms with Crippen LogP contribution in [0.1, 0.15) is 37.5 Å². The van der Waals surface area contributed by atoms with Gasteiger partial charge in [0.05, 0.1) is 5.52 Å². The Kier molecular flexibility index (Phi) is 6.15. The van der Waals surface area contributed by atoms with Crippen LogP contribution in [-0.2, 0) is 20.1 Å². The fourth-order valence-electron chi connectivity index (χ4n) is 4.53. The number of aromatic carboxylic acids is 1. The molecule has 0 unspecified atom stereocenters. The Morgan fingerprint density at radius 2 is 1.58 bits per heavy atom. The van der Waals surface area contributed by atoms with Crippen molar-refractivity contribution in [2.75, 3.05) is 0 Å². The quantitative estimate of drug-likeness (QED) is 0.228. The van der Waals surface area contributed by atoms with Crippen LogP contribution in [0.15, 0.2) is 85.1 Å². The number of carbonyl (C=O) groups excluding carboxylic acids is 1. The summed E-state index contributed by atoms with van der Waals surface area (Å²) in [6.45, 7) is 0. The SMILES string of the molecule is O=C(O)c1ccccn1.O=C1c2cc(-c3cc4c5c(cccc5n3)C=C4)[c-]cc2-c2ccccc21.[Ir]. The zero-order valence-electron chi connectivity index (χ0n) is 18.7. The summed E-state index contributed by atoms with van der Waals surface area (Å²) in [5.74, 6) is -0.908. The molecule has 0 spiro atoms. The van der Waals surface area contributed by atoms with E-state index in [2.05, 4.69) is 35.3 Å². The monoisotopic (exact) mass is 646 g/mol. The Hall–Kier alpha value is -4.25. The number of carbonyl (C=O) groups is 2. The summed E-state index contributed by atoms with van der Waals surface area (Å²) in [5, 5.41) is 9.52. The molecule has 0 amide bonds. The molecule has 0 saturated carbocycles. The Balaban J connectivity index is 0.000000229. The second-order valence-corrected chi connectivity index (χ2v) is 8.24. The maximum atomic E-state index is 12.8. The molecule has 7 rings (SSSR count). The van der Waals surface area contributed by atoms with Crippen molar-refractivity contribution in [3.05, 3.63) is 119 Å². The van der Waals surface area contributed by atoms with E-state index in [0.29, 0.717) is 0 Å². The van der Waals surface area contributed by atoms with Crippen molar-refractivity contribution in [2.24, 2.45) is 0 Å². The molecule has 2 aromatic heterocycles. The van der Waals surface area contributed by atoms with Gasteiger partial charge in [-0.3, -0.25) is 9.78 Å². The topological polar surface area (TPSA) is 80.1 Å². The standard InChI is InChI=1S/C24H12NO.C6H5NO2.Ir/c26-24-19-6-2-1-5-17(19)18-11-10-15(12-20(18)24)22-13-16-9-8-14-4-3-7-21(25-22)23(14)16;8-6(9)5-3-1-2-4-7-5;/h1-9,11-13H;1-4H,(H,8,9);/q-1;;. The first-order valence-electron chi connectivity index (χ1n) is 11.1. The summed E-state index contributed by atoms with van der Waals surface area (Å²) >= 11 is 0. The normalized spacial score (nSPS) is 11.8. The summed E-state index contributed by atoms with van der Waals surface area (Å²) in [4.78, 5) is 31.3. The third-order valence-electron chi connectivity index (χ3n) is 6.16. The number of fused-ring (bicyclic) bond motifs is 3. The van der Waals surface area contributed by atoms with Crippen molar-refractivity contribution in [3.63, 3.8) is 0 Å². The van der Waals surface area contributed by atoms with Gasteiger partial charge < -0.3 is 5.11 Å². The van der Waals surface area contributed by atoms with E-state index < -0.39 is 5.97 Å². The Morgan fingerprint density at radius 3 is 2.33 bits per heavy atom. The van der Waals surface area contributed by atoms with Gasteiger partial charge in [0.1, 0.15) is 5.69 Å². The molecule has 5 nitrogen and oxygen atoms in total. The molecular weight excluding hydrogens is 629 g/mol. The summed E-state index contributed by atoms with van der Waals surface area (Å²) in [6.07, 6.45) is 5.69. The molecule has 0 fully saturated rings. The van der Waals surface area contributed by atoms with Gasteiger partial charge in [0, 0.05) is 37.3 Å². The average Bonchev–Trinajstić information content (AvgIpc) is 3.45. The molecule has 5 aromatic rings. The van der Waals surface area contributed by atoms with Gasteiger partial charge in [-0.05, 0) is 40.6 Å². The van der Waals surface area contributed by atoms with Crippen molar-refractivity contribution in [1.82, 2.24) is 9.97 Å². The van der Waals surface area contributed by atoms with Crippen LogP contribution < -0.4 is 0 Å². The van der Waals surface area contributed by atoms with Crippen LogP contribution in [0.5, 0.6) is 0 Å². The molecule has 1 radical (unpaired) electrons. The molecule has 0 bridgehead atoms. The fourth-order valence-corrected chi connectivity index (χ4v) is 4.53. The van der Waals surface area contributed by atoms with E-state index >= 15 is 0 Å². The first-order valence-corrected chi connectivity index (χ1v) is 11.1. The number of hydrogen-bond acceptors (Lipinski definition) is 4. The number of nitrogens with zero attached hydrogens (tertiary/aromatic N) is 2. The van der Waals surface area contributed by atoms with Crippen molar-refractivity contribution in [3.8, 4) is 22.4 Å². The first-order chi connectivity index (χ1) is 17.1. The number of benzene rings is 3. The van der Waals surface area contributed by atoms with Crippen molar-refractivity contribution in [2.45, 2.75) is 0 Å². The second-order valence-electron chi connectivity index (χ2n) is 8.24. The van der Waals surface area contributed by atoms with Crippen molar-refractivity contribution >= 4 is 34.8 Å². The molecule has 2 aliphatic carbocycles. The maximum absolute atomic E-state index is 12.8. The molecule has 2 heterocycles. The molecule has 1 N–H and O–H groups in total. The summed E-state index contributed by atoms with van der Waals surface area (Å²) in [5.41, 5.74) is 8.60. The van der Waals surface area contributed by atoms with E-state index in [1.165, 1.54) is 28.8 Å². The number of pyridine rings is 2. The summed E-state index contributed by atoms with van der Waals surface area (Å²) in [7, 11) is 0. The molecule has 0 saturated heterocycles. The number of hydrogen-bond donors (Lipinski definition) is 1. The molecule has 0 atom stereocenters. The molecule has 6 heteroatoms. The van der Waals surface area contributed by atoms with E-state index in [-0.39, 0.29) is 31.6 Å². The molecule has 3 aromatic carbocycles. The van der Waals surface area contributed by atoms with Gasteiger partial charge >= 0.3 is 5.97 Å². The third kappa shape index (κ3) is 3.96. The summed E-state index contributed by atoms with van der Waals surface area (Å²) < 4.78 is 0. The van der Waals surface area contributed by atoms with Gasteiger partial charge in [0.15, 0.2) is 5.78 Å². The average molecular weight is 646 g/mol. The number of rotatable bonds is 2. The number of aromatic nitrogens is 2. The predicted octanol–water partition coefficient (Wildman–Crippen LogP) is 6.17. The second kappa shape index (κ2) is 9.42. The molecule has 0 aliphatic heterocycles. The molecule has 2 aliphatic rings. The van der Waals surface area contributed by atoms with E-state index in [1.807, 2.05) is 48.5 Å². The third-order valence-corrected chi connectivity index (χ3v) is 6.16. The van der Waals surface area contributed by atoms with Gasteiger partial charge in [0.25, 0.3) is 0 Å². The molecular formula is C30H17IrN2O3-. The van der Waals surface area contributed by atoms with Crippen molar-refractivity contribution in [1.29, 1.82) is 0 Å². The van der Waals surface area contributed by atoms with Gasteiger partial charge in [-0.15, -0.1) is 23.8 Å². The minimum absolute atomic E-state index is 0. The van der Waals surface area contributed by atoms with Crippen LogP contribution in [0.25, 0.3) is 45.4 Å². The van der Waals surface area contributed by atoms with Gasteiger partial charge in [-0.25, -0.2) is 9.78 Å². The Bertz CT molecular complexity index is 1690. The first kappa shape index (κ1) is 23.5. The van der Waals surface area contributed by atoms with E-state index in [4.69, 9.17) is 10.1 Å². The smallest absolute Gasteiger partial charge is 0.354 e. The number of ketones is 1. The zero-order valence-corrected chi connectivity index (χ0v) is 21.1. The van der Waals surface area contributed by atoms with Crippen LogP contribution in [0.2, 0.25) is 0 Å². The molecule has 36 heavy (non-hydrogen) atoms. The van der Waals surface area contributed by atoms with Gasteiger partial charge in [0.2, 0.25) is 0 Å². The minimum Gasteiger partial charge on any atom is -0.477 e. The zero-order chi connectivity index (χ0) is 23.9. The van der Waals surface area contributed by atoms with Gasteiger partial charge in [-0.1, -0.05) is 71.8 Å². The van der Waals surface area contributed by atoms with E-state index in [0.717, 1.165) is 39.0 Å². The van der Waals surface area contributed by atoms with Gasteiger partial charge in [-0.2, -0.15) is 0 Å². The number of carboxylic acids is 1. The van der Waals surface area contributed by atoms with Crippen LogP contribution in [-0.4, -0.2) is 26.8 Å². The predicted molar refractivity (Wildman–Crippen MR) is 135 cm³/mol. The number of carboxylic acid groups (broad SMARTS) is 1. The van der Waals surface area contributed by atoms with Crippen LogP contribution in [0.3, 0.4) is 0 Å². The largest absolute Gasteiger partial charge is 0.477 e. The minimum atomic E-state index is -0.990.